The van der Waals surface area contributed by atoms with Crippen LogP contribution in [0.25, 0.3) is 0 Å². The molecule has 19 heavy (non-hydrogen) atoms. The highest BCUT2D eigenvalue weighted by atomic mass is 16.5. The minimum Gasteiger partial charge on any atom is -0.464 e. The number of carbonyl (C=O) groups is 2. The summed E-state index contributed by atoms with van der Waals surface area (Å²) in [5, 5.41) is 1.56. The van der Waals surface area contributed by atoms with Crippen LogP contribution in [0.15, 0.2) is 36.0 Å². The number of aryl methyl sites for hydroxylation is 1. The van der Waals surface area contributed by atoms with E-state index in [4.69, 9.17) is 0 Å². The molecule has 0 radical (unpaired) electrons. The molecule has 5 heteroatoms. The van der Waals surface area contributed by atoms with E-state index in [2.05, 4.69) is 10.2 Å². The van der Waals surface area contributed by atoms with Crippen LogP contribution in [0, 0.1) is 6.92 Å². The van der Waals surface area contributed by atoms with Crippen molar-refractivity contribution < 1.29 is 14.3 Å². The largest absolute Gasteiger partial charge is 0.464 e. The summed E-state index contributed by atoms with van der Waals surface area (Å²) in [6, 6.07) is 7.13. The van der Waals surface area contributed by atoms with Crippen LogP contribution in [0.5, 0.6) is 0 Å². The number of esters is 1. The summed E-state index contributed by atoms with van der Waals surface area (Å²) in [4.78, 5) is 23.6. The van der Waals surface area contributed by atoms with Crippen LogP contribution in [-0.4, -0.2) is 38.0 Å². The van der Waals surface area contributed by atoms with Gasteiger partial charge in [-0.25, -0.2) is 9.80 Å². The van der Waals surface area contributed by atoms with Crippen molar-refractivity contribution in [1.29, 1.82) is 0 Å². The van der Waals surface area contributed by atoms with Gasteiger partial charge in [-0.3, -0.25) is 4.79 Å². The van der Waals surface area contributed by atoms with Crippen molar-refractivity contribution in [3.8, 4) is 0 Å². The molecular formula is C14H18N2O3. The number of nitrogens with zero attached hydrogens (tertiary/aromatic N) is 1. The minimum absolute atomic E-state index is 0.0954. The molecule has 0 bridgehead atoms. The van der Waals surface area contributed by atoms with Gasteiger partial charge in [0.05, 0.1) is 7.11 Å². The average molecular weight is 262 g/mol. The number of hydrogen-bond donors (Lipinski definition) is 1. The molecule has 1 rings (SSSR count). The Morgan fingerprint density at radius 3 is 2.26 bits per heavy atom. The van der Waals surface area contributed by atoms with Crippen LogP contribution in [0.1, 0.15) is 15.9 Å². The number of methoxy groups -OCH3 is 1. The van der Waals surface area contributed by atoms with Crippen molar-refractivity contribution in [2.75, 3.05) is 21.2 Å². The molecule has 0 amide bonds. The molecule has 0 aliphatic carbocycles. The summed E-state index contributed by atoms with van der Waals surface area (Å²) in [6.45, 7) is 1.94. The second-order valence-corrected chi connectivity index (χ2v) is 4.29. The molecule has 0 aliphatic rings. The summed E-state index contributed by atoms with van der Waals surface area (Å²) >= 11 is 0. The Hall–Kier alpha value is -2.14. The first-order chi connectivity index (χ1) is 8.93. The zero-order chi connectivity index (χ0) is 14.4. The Morgan fingerprint density at radius 1 is 1.21 bits per heavy atom. The highest BCUT2D eigenvalue weighted by Crippen LogP contribution is 2.06. The fourth-order valence-corrected chi connectivity index (χ4v) is 1.42. The second-order valence-electron chi connectivity index (χ2n) is 4.29. The molecular weight excluding hydrogens is 244 g/mol. The standard InChI is InChI=1S/C14H18N2O3/c1-10-5-7-11(8-6-10)13(17)9-12(14(18)19-4)15-16(2)3/h5-9,15H,1-4H3/b12-9+. The van der Waals surface area contributed by atoms with Gasteiger partial charge >= 0.3 is 5.97 Å². The maximum atomic E-state index is 12.0. The molecule has 0 fully saturated rings. The molecule has 0 saturated heterocycles. The highest BCUT2D eigenvalue weighted by Gasteiger charge is 2.13. The van der Waals surface area contributed by atoms with E-state index in [0.29, 0.717) is 5.56 Å². The first-order valence-electron chi connectivity index (χ1n) is 5.79. The van der Waals surface area contributed by atoms with E-state index in [1.807, 2.05) is 19.1 Å². The lowest BCUT2D eigenvalue weighted by atomic mass is 10.1. The van der Waals surface area contributed by atoms with Crippen molar-refractivity contribution >= 4 is 11.8 Å². The maximum Gasteiger partial charge on any atom is 0.355 e. The summed E-state index contributed by atoms with van der Waals surface area (Å²) < 4.78 is 4.62. The summed E-state index contributed by atoms with van der Waals surface area (Å²) in [6.07, 6.45) is 1.23. The lowest BCUT2D eigenvalue weighted by Gasteiger charge is -2.14. The van der Waals surface area contributed by atoms with Gasteiger partial charge < -0.3 is 10.2 Å². The van der Waals surface area contributed by atoms with Gasteiger partial charge in [0.25, 0.3) is 0 Å². The fraction of sp³-hybridized carbons (Fsp3) is 0.286. The topological polar surface area (TPSA) is 58.6 Å². The van der Waals surface area contributed by atoms with E-state index < -0.39 is 5.97 Å². The predicted octanol–water partition coefficient (Wildman–Crippen LogP) is 1.30. The Labute approximate surface area is 112 Å². The lowest BCUT2D eigenvalue weighted by molar-refractivity contribution is -0.137. The maximum absolute atomic E-state index is 12.0. The molecule has 5 nitrogen and oxygen atoms in total. The molecule has 0 heterocycles. The Kier molecular flexibility index (Phi) is 5.26. The third-order valence-electron chi connectivity index (χ3n) is 2.36. The van der Waals surface area contributed by atoms with E-state index in [0.717, 1.165) is 5.56 Å². The number of benzene rings is 1. The number of carbonyl (C=O) groups excluding carboxylic acids is 2. The first-order valence-corrected chi connectivity index (χ1v) is 5.79. The number of ether oxygens (including phenoxy) is 1. The summed E-state index contributed by atoms with van der Waals surface area (Å²) in [5.41, 5.74) is 4.43. The molecule has 1 aromatic rings. The van der Waals surface area contributed by atoms with Gasteiger partial charge in [0.1, 0.15) is 5.70 Å². The van der Waals surface area contributed by atoms with E-state index in [1.165, 1.54) is 13.2 Å². The Morgan fingerprint density at radius 2 is 1.79 bits per heavy atom. The normalized spacial score (nSPS) is 11.3. The first kappa shape index (κ1) is 14.9. The minimum atomic E-state index is -0.589. The SMILES string of the molecule is COC(=O)/C(=C\C(=O)c1ccc(C)cc1)NN(C)C. The van der Waals surface area contributed by atoms with Crippen LogP contribution in [0.4, 0.5) is 0 Å². The van der Waals surface area contributed by atoms with Gasteiger partial charge in [0, 0.05) is 25.7 Å². The van der Waals surface area contributed by atoms with Crippen molar-refractivity contribution in [3.63, 3.8) is 0 Å². The number of rotatable bonds is 5. The quantitative estimate of drug-likeness (QED) is 0.375. The predicted molar refractivity (Wildman–Crippen MR) is 72.4 cm³/mol. The third kappa shape index (κ3) is 4.56. The van der Waals surface area contributed by atoms with E-state index in [-0.39, 0.29) is 11.5 Å². The van der Waals surface area contributed by atoms with Gasteiger partial charge in [0.2, 0.25) is 0 Å². The summed E-state index contributed by atoms with van der Waals surface area (Å²) in [5.74, 6) is -0.844. The molecule has 0 aliphatic heterocycles. The van der Waals surface area contributed by atoms with Crippen LogP contribution >= 0.6 is 0 Å². The van der Waals surface area contributed by atoms with Gasteiger partial charge in [-0.2, -0.15) is 0 Å². The molecule has 0 spiro atoms. The van der Waals surface area contributed by atoms with Crippen molar-refractivity contribution in [2.45, 2.75) is 6.92 Å². The van der Waals surface area contributed by atoms with E-state index in [1.54, 1.807) is 31.2 Å². The monoisotopic (exact) mass is 262 g/mol. The van der Waals surface area contributed by atoms with E-state index >= 15 is 0 Å². The average Bonchev–Trinajstić information content (AvgIpc) is 2.37. The molecule has 102 valence electrons. The Balaban J connectivity index is 2.97. The van der Waals surface area contributed by atoms with Gasteiger partial charge in [-0.1, -0.05) is 29.8 Å². The number of nitrogens with one attached hydrogen (secondary N) is 1. The third-order valence-corrected chi connectivity index (χ3v) is 2.36. The number of hydrazine groups is 1. The van der Waals surface area contributed by atoms with E-state index in [9.17, 15) is 9.59 Å². The molecule has 0 atom stereocenters. The second kappa shape index (κ2) is 6.70. The Bertz CT molecular complexity index is 490. The van der Waals surface area contributed by atoms with Crippen molar-refractivity contribution in [3.05, 3.63) is 47.2 Å². The van der Waals surface area contributed by atoms with Crippen molar-refractivity contribution in [1.82, 2.24) is 10.4 Å². The van der Waals surface area contributed by atoms with Crippen molar-refractivity contribution in [2.24, 2.45) is 0 Å². The number of hydrogen-bond acceptors (Lipinski definition) is 5. The smallest absolute Gasteiger partial charge is 0.355 e. The fourth-order valence-electron chi connectivity index (χ4n) is 1.42. The highest BCUT2D eigenvalue weighted by molar-refractivity contribution is 6.08. The van der Waals surface area contributed by atoms with Gasteiger partial charge in [-0.05, 0) is 6.92 Å². The number of ketones is 1. The van der Waals surface area contributed by atoms with Crippen LogP contribution in [0.3, 0.4) is 0 Å². The molecule has 0 saturated carbocycles. The van der Waals surface area contributed by atoms with Gasteiger partial charge in [0.15, 0.2) is 5.78 Å². The van der Waals surface area contributed by atoms with Gasteiger partial charge in [-0.15, -0.1) is 0 Å². The molecule has 0 unspecified atom stereocenters. The molecule has 0 aromatic heterocycles. The van der Waals surface area contributed by atoms with Crippen LogP contribution < -0.4 is 5.43 Å². The zero-order valence-electron chi connectivity index (χ0n) is 11.6. The van der Waals surface area contributed by atoms with Crippen LogP contribution in [0.2, 0.25) is 0 Å². The lowest BCUT2D eigenvalue weighted by Crippen LogP contribution is -2.34. The zero-order valence-corrected chi connectivity index (χ0v) is 11.6. The molecule has 1 aromatic carbocycles. The number of allylic oxidation sites excluding steroid dienone is 1. The molecule has 1 N–H and O–H groups in total. The summed E-state index contributed by atoms with van der Waals surface area (Å²) in [7, 11) is 4.70. The van der Waals surface area contributed by atoms with Crippen LogP contribution in [-0.2, 0) is 9.53 Å².